The number of nitrogens with zero attached hydrogens (tertiary/aromatic N) is 2. The first-order valence-electron chi connectivity index (χ1n) is 9.01. The molecule has 0 N–H and O–H groups in total. The second-order valence-electron chi connectivity index (χ2n) is 6.49. The molecule has 0 aromatic heterocycles. The van der Waals surface area contributed by atoms with Crippen molar-refractivity contribution in [3.05, 3.63) is 48.3 Å². The Morgan fingerprint density at radius 3 is 2.27 bits per heavy atom. The topological polar surface area (TPSA) is 6.48 Å². The van der Waals surface area contributed by atoms with E-state index in [9.17, 15) is 0 Å². The van der Waals surface area contributed by atoms with Gasteiger partial charge in [0.1, 0.15) is 6.17 Å². The largest absolute Gasteiger partial charge is 0.359 e. The van der Waals surface area contributed by atoms with Crippen molar-refractivity contribution in [1.82, 2.24) is 9.80 Å². The summed E-state index contributed by atoms with van der Waals surface area (Å²) in [6.45, 7) is 3.47. The fourth-order valence-electron chi connectivity index (χ4n) is 3.18. The highest BCUT2D eigenvalue weighted by molar-refractivity contribution is 5.17. The first-order valence-corrected chi connectivity index (χ1v) is 9.01. The van der Waals surface area contributed by atoms with Crippen molar-refractivity contribution in [2.45, 2.75) is 64.5 Å². The zero-order valence-corrected chi connectivity index (χ0v) is 14.4. The Kier molecular flexibility index (Phi) is 7.35. The molecule has 1 heterocycles. The first-order chi connectivity index (χ1) is 10.8. The van der Waals surface area contributed by atoms with Crippen LogP contribution in [0.1, 0.15) is 57.4 Å². The van der Waals surface area contributed by atoms with Crippen molar-refractivity contribution in [1.29, 1.82) is 0 Å². The standard InChI is InChI=1S/C20H32N2/c1-3-4-5-6-7-8-12-15-22-17-16-21(2)20(22)18-19-13-10-9-11-14-19/h9-11,13-14,16-17,20H,3-8,12,15,18H2,1-2H3. The van der Waals surface area contributed by atoms with E-state index < -0.39 is 0 Å². The molecule has 1 aliphatic rings. The molecule has 0 bridgehead atoms. The molecule has 0 aliphatic carbocycles. The molecule has 0 radical (unpaired) electrons. The van der Waals surface area contributed by atoms with Crippen molar-refractivity contribution in [3.63, 3.8) is 0 Å². The number of benzene rings is 1. The minimum atomic E-state index is 0.488. The Labute approximate surface area is 136 Å². The molecule has 0 spiro atoms. The maximum atomic E-state index is 2.51. The minimum Gasteiger partial charge on any atom is -0.359 e. The normalized spacial score (nSPS) is 17.5. The molecule has 1 aliphatic heterocycles. The molecule has 122 valence electrons. The van der Waals surface area contributed by atoms with E-state index in [-0.39, 0.29) is 0 Å². The van der Waals surface area contributed by atoms with Gasteiger partial charge in [0.15, 0.2) is 0 Å². The van der Waals surface area contributed by atoms with Crippen molar-refractivity contribution >= 4 is 0 Å². The van der Waals surface area contributed by atoms with Crippen molar-refractivity contribution in [3.8, 4) is 0 Å². The number of unbranched alkanes of at least 4 members (excludes halogenated alkanes) is 6. The van der Waals surface area contributed by atoms with Gasteiger partial charge in [-0.3, -0.25) is 0 Å². The Bertz CT molecular complexity index is 427. The van der Waals surface area contributed by atoms with Crippen LogP contribution in [-0.2, 0) is 6.42 Å². The van der Waals surface area contributed by atoms with E-state index in [0.717, 1.165) is 6.42 Å². The second-order valence-corrected chi connectivity index (χ2v) is 6.49. The summed E-state index contributed by atoms with van der Waals surface area (Å²) < 4.78 is 0. The molecule has 22 heavy (non-hydrogen) atoms. The van der Waals surface area contributed by atoms with Gasteiger partial charge in [-0.15, -0.1) is 0 Å². The summed E-state index contributed by atoms with van der Waals surface area (Å²) in [5, 5.41) is 0. The summed E-state index contributed by atoms with van der Waals surface area (Å²) in [5.74, 6) is 0. The highest BCUT2D eigenvalue weighted by atomic mass is 15.4. The zero-order valence-electron chi connectivity index (χ0n) is 14.4. The van der Waals surface area contributed by atoms with Gasteiger partial charge in [0.05, 0.1) is 0 Å². The van der Waals surface area contributed by atoms with Crippen molar-refractivity contribution in [2.75, 3.05) is 13.6 Å². The summed E-state index contributed by atoms with van der Waals surface area (Å²) >= 11 is 0. The molecular weight excluding hydrogens is 268 g/mol. The molecule has 2 rings (SSSR count). The van der Waals surface area contributed by atoms with Crippen molar-refractivity contribution < 1.29 is 0 Å². The molecule has 0 fully saturated rings. The first kappa shape index (κ1) is 16.9. The quantitative estimate of drug-likeness (QED) is 0.559. The van der Waals surface area contributed by atoms with E-state index in [1.807, 2.05) is 0 Å². The lowest BCUT2D eigenvalue weighted by molar-refractivity contribution is 0.173. The third kappa shape index (κ3) is 5.40. The molecule has 1 aromatic rings. The Morgan fingerprint density at radius 1 is 0.864 bits per heavy atom. The Hall–Kier alpha value is -1.44. The molecule has 0 amide bonds. The van der Waals surface area contributed by atoms with Gasteiger partial charge in [-0.1, -0.05) is 75.8 Å². The monoisotopic (exact) mass is 300 g/mol. The second kappa shape index (κ2) is 9.55. The molecule has 2 nitrogen and oxygen atoms in total. The fourth-order valence-corrected chi connectivity index (χ4v) is 3.18. The lowest BCUT2D eigenvalue weighted by Crippen LogP contribution is -2.38. The van der Waals surface area contributed by atoms with Crippen LogP contribution in [0.4, 0.5) is 0 Å². The highest BCUT2D eigenvalue weighted by Gasteiger charge is 2.23. The lowest BCUT2D eigenvalue weighted by Gasteiger charge is -2.30. The Balaban J connectivity index is 1.69. The van der Waals surface area contributed by atoms with Crippen LogP contribution in [-0.4, -0.2) is 29.6 Å². The van der Waals surface area contributed by atoms with Crippen LogP contribution < -0.4 is 0 Å². The summed E-state index contributed by atoms with van der Waals surface area (Å²) in [4.78, 5) is 4.85. The third-order valence-electron chi connectivity index (χ3n) is 4.63. The van der Waals surface area contributed by atoms with Gasteiger partial charge in [0.2, 0.25) is 0 Å². The fraction of sp³-hybridized carbons (Fsp3) is 0.600. The van der Waals surface area contributed by atoms with E-state index in [0.29, 0.717) is 6.17 Å². The van der Waals surface area contributed by atoms with Gasteiger partial charge in [-0.2, -0.15) is 0 Å². The summed E-state index contributed by atoms with van der Waals surface area (Å²) in [7, 11) is 2.19. The van der Waals surface area contributed by atoms with Gasteiger partial charge in [0, 0.05) is 32.4 Å². The lowest BCUT2D eigenvalue weighted by atomic mass is 10.1. The smallest absolute Gasteiger partial charge is 0.104 e. The predicted octanol–water partition coefficient (Wildman–Crippen LogP) is 5.02. The van der Waals surface area contributed by atoms with E-state index >= 15 is 0 Å². The zero-order chi connectivity index (χ0) is 15.6. The average molecular weight is 300 g/mol. The maximum Gasteiger partial charge on any atom is 0.104 e. The minimum absolute atomic E-state index is 0.488. The number of likely N-dealkylation sites (N-methyl/N-ethyl adjacent to an activating group) is 1. The van der Waals surface area contributed by atoms with E-state index in [4.69, 9.17) is 0 Å². The summed E-state index contributed by atoms with van der Waals surface area (Å²) in [6.07, 6.45) is 15.7. The average Bonchev–Trinajstić information content (AvgIpc) is 2.88. The molecule has 0 saturated carbocycles. The van der Waals surface area contributed by atoms with Crippen LogP contribution in [0.3, 0.4) is 0 Å². The van der Waals surface area contributed by atoms with Crippen LogP contribution in [0.15, 0.2) is 42.7 Å². The van der Waals surface area contributed by atoms with Crippen LogP contribution in [0.2, 0.25) is 0 Å². The molecule has 2 heteroatoms. The van der Waals surface area contributed by atoms with E-state index in [2.05, 4.69) is 66.5 Å². The van der Waals surface area contributed by atoms with Gasteiger partial charge in [-0.05, 0) is 12.0 Å². The Morgan fingerprint density at radius 2 is 1.55 bits per heavy atom. The molecular formula is C20H32N2. The summed E-state index contributed by atoms with van der Waals surface area (Å²) in [6, 6.07) is 10.8. The van der Waals surface area contributed by atoms with Gasteiger partial charge in [-0.25, -0.2) is 0 Å². The van der Waals surface area contributed by atoms with Gasteiger partial charge < -0.3 is 9.80 Å². The number of hydrogen-bond acceptors (Lipinski definition) is 2. The predicted molar refractivity (Wildman–Crippen MR) is 95.5 cm³/mol. The van der Waals surface area contributed by atoms with Crippen LogP contribution >= 0.6 is 0 Å². The van der Waals surface area contributed by atoms with Gasteiger partial charge >= 0.3 is 0 Å². The number of hydrogen-bond donors (Lipinski definition) is 0. The maximum absolute atomic E-state index is 2.51. The van der Waals surface area contributed by atoms with Crippen molar-refractivity contribution in [2.24, 2.45) is 0 Å². The molecule has 1 unspecified atom stereocenters. The van der Waals surface area contributed by atoms with Crippen LogP contribution in [0, 0.1) is 0 Å². The third-order valence-corrected chi connectivity index (χ3v) is 4.63. The molecule has 0 saturated heterocycles. The summed E-state index contributed by atoms with van der Waals surface area (Å²) in [5.41, 5.74) is 1.42. The van der Waals surface area contributed by atoms with Crippen LogP contribution in [0.25, 0.3) is 0 Å². The highest BCUT2D eigenvalue weighted by Crippen LogP contribution is 2.19. The van der Waals surface area contributed by atoms with E-state index in [1.165, 1.54) is 57.1 Å². The SMILES string of the molecule is CCCCCCCCCN1C=CN(C)C1Cc1ccccc1. The molecule has 1 aromatic carbocycles. The van der Waals surface area contributed by atoms with Crippen LogP contribution in [0.5, 0.6) is 0 Å². The van der Waals surface area contributed by atoms with E-state index in [1.54, 1.807) is 0 Å². The number of rotatable bonds is 10. The molecule has 1 atom stereocenters. The van der Waals surface area contributed by atoms with Gasteiger partial charge in [0.25, 0.3) is 0 Å².